The smallest absolute Gasteiger partial charge is 0.204 e. The van der Waals surface area contributed by atoms with Crippen LogP contribution in [0.2, 0.25) is 0 Å². The van der Waals surface area contributed by atoms with Gasteiger partial charge in [0, 0.05) is 41.2 Å². The quantitative estimate of drug-likeness (QED) is 0.376. The van der Waals surface area contributed by atoms with Gasteiger partial charge in [0.25, 0.3) is 0 Å². The number of fused-ring (bicyclic) bond motifs is 1. The molecule has 0 aliphatic rings. The van der Waals surface area contributed by atoms with Gasteiger partial charge < -0.3 is 11.5 Å². The number of aromatic nitrogens is 5. The van der Waals surface area contributed by atoms with E-state index in [1.807, 2.05) is 36.7 Å². The van der Waals surface area contributed by atoms with Crippen molar-refractivity contribution in [3.63, 3.8) is 0 Å². The van der Waals surface area contributed by atoms with E-state index in [-0.39, 0.29) is 6.41 Å². The molecule has 0 bridgehead atoms. The Morgan fingerprint density at radius 1 is 1.16 bits per heavy atom. The molecule has 0 fully saturated rings. The lowest BCUT2D eigenvalue weighted by Gasteiger charge is -2.17. The zero-order chi connectivity index (χ0) is 23.1. The topological polar surface area (TPSA) is 125 Å². The van der Waals surface area contributed by atoms with Crippen molar-refractivity contribution < 1.29 is 4.79 Å². The van der Waals surface area contributed by atoms with Crippen LogP contribution in [0, 0.1) is 0 Å². The van der Waals surface area contributed by atoms with Crippen LogP contribution in [0.25, 0.3) is 28.0 Å². The lowest BCUT2D eigenvalue weighted by Crippen LogP contribution is -2.09. The van der Waals surface area contributed by atoms with Crippen molar-refractivity contribution in [2.75, 3.05) is 5.73 Å². The van der Waals surface area contributed by atoms with Gasteiger partial charge in [0.05, 0.1) is 22.1 Å². The SMILES string of the molecule is CCCC(CC)c1nc2c(-c3ccc(-c4cccnc4)nc3)cnn2c(N)c1Br.NC=O. The van der Waals surface area contributed by atoms with Crippen LogP contribution in [0.1, 0.15) is 44.7 Å². The minimum absolute atomic E-state index is 0.250. The Labute approximate surface area is 195 Å². The summed E-state index contributed by atoms with van der Waals surface area (Å²) < 4.78 is 2.53. The van der Waals surface area contributed by atoms with Gasteiger partial charge in [-0.15, -0.1) is 0 Å². The summed E-state index contributed by atoms with van der Waals surface area (Å²) in [5.41, 5.74) is 16.0. The van der Waals surface area contributed by atoms with Gasteiger partial charge >= 0.3 is 0 Å². The summed E-state index contributed by atoms with van der Waals surface area (Å²) in [6.45, 7) is 4.38. The van der Waals surface area contributed by atoms with Crippen LogP contribution in [-0.2, 0) is 4.79 Å². The van der Waals surface area contributed by atoms with Crippen LogP contribution >= 0.6 is 15.9 Å². The third-order valence-electron chi connectivity index (χ3n) is 5.20. The highest BCUT2D eigenvalue weighted by Gasteiger charge is 2.21. The highest BCUT2D eigenvalue weighted by Crippen LogP contribution is 2.35. The molecule has 0 saturated heterocycles. The zero-order valence-corrected chi connectivity index (χ0v) is 19.7. The molecular weight excluding hydrogens is 470 g/mol. The van der Waals surface area contributed by atoms with Gasteiger partial charge in [-0.3, -0.25) is 14.8 Å². The monoisotopic (exact) mass is 495 g/mol. The predicted octanol–water partition coefficient (Wildman–Crippen LogP) is 4.59. The number of carbonyl (C=O) groups is 1. The van der Waals surface area contributed by atoms with E-state index in [0.29, 0.717) is 11.7 Å². The number of nitrogens with two attached hydrogens (primary N) is 2. The molecule has 166 valence electrons. The van der Waals surface area contributed by atoms with Gasteiger partial charge in [-0.25, -0.2) is 4.98 Å². The Morgan fingerprint density at radius 3 is 2.53 bits per heavy atom. The Morgan fingerprint density at radius 2 is 1.94 bits per heavy atom. The Hall–Kier alpha value is -3.33. The van der Waals surface area contributed by atoms with Crippen LogP contribution in [-0.4, -0.2) is 31.0 Å². The number of hydrogen-bond donors (Lipinski definition) is 2. The van der Waals surface area contributed by atoms with Crippen LogP contribution in [0.3, 0.4) is 0 Å². The van der Waals surface area contributed by atoms with Crippen molar-refractivity contribution in [3.8, 4) is 22.4 Å². The van der Waals surface area contributed by atoms with Crippen molar-refractivity contribution in [1.29, 1.82) is 0 Å². The van der Waals surface area contributed by atoms with E-state index in [2.05, 4.69) is 50.6 Å². The Balaban J connectivity index is 0.000000913. The lowest BCUT2D eigenvalue weighted by atomic mass is 9.96. The molecule has 8 nitrogen and oxygen atoms in total. The van der Waals surface area contributed by atoms with Gasteiger partial charge in [-0.2, -0.15) is 9.61 Å². The molecule has 32 heavy (non-hydrogen) atoms. The molecule has 4 N–H and O–H groups in total. The van der Waals surface area contributed by atoms with Crippen molar-refractivity contribution in [1.82, 2.24) is 24.6 Å². The minimum atomic E-state index is 0.250. The fourth-order valence-corrected chi connectivity index (χ4v) is 4.19. The van der Waals surface area contributed by atoms with E-state index in [1.165, 1.54) is 0 Å². The third kappa shape index (κ3) is 4.77. The summed E-state index contributed by atoms with van der Waals surface area (Å²) in [6, 6.07) is 7.93. The summed E-state index contributed by atoms with van der Waals surface area (Å²) in [5, 5.41) is 4.47. The minimum Gasteiger partial charge on any atom is -0.383 e. The van der Waals surface area contributed by atoms with Crippen molar-refractivity contribution >= 4 is 33.8 Å². The summed E-state index contributed by atoms with van der Waals surface area (Å²) >= 11 is 3.65. The number of nitrogen functional groups attached to an aromatic ring is 1. The molecule has 1 amide bonds. The van der Waals surface area contributed by atoms with E-state index in [0.717, 1.165) is 57.5 Å². The maximum atomic E-state index is 8.58. The normalized spacial score (nSPS) is 11.6. The molecule has 1 atom stereocenters. The Kier molecular flexibility index (Phi) is 7.88. The molecular formula is C23H26BrN7O. The second-order valence-corrected chi connectivity index (χ2v) is 7.99. The molecule has 0 saturated carbocycles. The average Bonchev–Trinajstić information content (AvgIpc) is 3.25. The Bertz CT molecular complexity index is 1180. The molecule has 4 heterocycles. The maximum absolute atomic E-state index is 8.58. The second-order valence-electron chi connectivity index (χ2n) is 7.19. The average molecular weight is 496 g/mol. The number of amides is 1. The predicted molar refractivity (Wildman–Crippen MR) is 130 cm³/mol. The van der Waals surface area contributed by atoms with Gasteiger partial charge in [0.2, 0.25) is 6.41 Å². The number of hydrogen-bond acceptors (Lipinski definition) is 6. The highest BCUT2D eigenvalue weighted by molar-refractivity contribution is 9.10. The first-order valence-corrected chi connectivity index (χ1v) is 11.2. The van der Waals surface area contributed by atoms with Crippen molar-refractivity contribution in [3.05, 3.63) is 59.2 Å². The molecule has 4 aromatic heterocycles. The van der Waals surface area contributed by atoms with Crippen LogP contribution in [0.15, 0.2) is 53.5 Å². The zero-order valence-electron chi connectivity index (χ0n) is 18.1. The molecule has 0 aliphatic carbocycles. The van der Waals surface area contributed by atoms with Gasteiger partial charge in [0.1, 0.15) is 5.82 Å². The number of primary amides is 1. The lowest BCUT2D eigenvalue weighted by molar-refractivity contribution is -0.106. The standard InChI is InChI=1S/C22H23BrN6.CH3NO/c1-3-6-14(4-2)20-19(23)21(24)29-22(28-20)17(13-27-29)15-8-9-18(26-12-15)16-7-5-10-25-11-16;2-1-3/h5,7-14H,3-4,6,24H2,1-2H3;1H,(H2,2,3). The molecule has 4 aromatic rings. The molecule has 0 aliphatic heterocycles. The molecule has 0 aromatic carbocycles. The maximum Gasteiger partial charge on any atom is 0.204 e. The number of anilines is 1. The van der Waals surface area contributed by atoms with Crippen LogP contribution in [0.5, 0.6) is 0 Å². The van der Waals surface area contributed by atoms with Gasteiger partial charge in [0.15, 0.2) is 5.65 Å². The molecule has 9 heteroatoms. The third-order valence-corrected chi connectivity index (χ3v) is 6.01. The van der Waals surface area contributed by atoms with Crippen LogP contribution < -0.4 is 11.5 Å². The summed E-state index contributed by atoms with van der Waals surface area (Å²) in [4.78, 5) is 22.3. The number of halogens is 1. The first kappa shape index (κ1) is 23.3. The van der Waals surface area contributed by atoms with E-state index >= 15 is 0 Å². The summed E-state index contributed by atoms with van der Waals surface area (Å²) in [5.74, 6) is 0.932. The number of carbonyl (C=O) groups excluding carboxylic acids is 1. The van der Waals surface area contributed by atoms with E-state index in [4.69, 9.17) is 15.5 Å². The highest BCUT2D eigenvalue weighted by atomic mass is 79.9. The number of rotatable bonds is 6. The van der Waals surface area contributed by atoms with Crippen molar-refractivity contribution in [2.24, 2.45) is 5.73 Å². The fraction of sp³-hybridized carbons (Fsp3) is 0.261. The molecule has 1 unspecified atom stereocenters. The van der Waals surface area contributed by atoms with Crippen molar-refractivity contribution in [2.45, 2.75) is 39.0 Å². The van der Waals surface area contributed by atoms with E-state index in [1.54, 1.807) is 16.9 Å². The largest absolute Gasteiger partial charge is 0.383 e. The molecule has 0 spiro atoms. The summed E-state index contributed by atoms with van der Waals surface area (Å²) in [6.07, 6.45) is 10.7. The number of pyridine rings is 2. The molecule has 0 radical (unpaired) electrons. The first-order chi connectivity index (χ1) is 15.5. The fourth-order valence-electron chi connectivity index (χ4n) is 3.61. The summed E-state index contributed by atoms with van der Waals surface area (Å²) in [7, 11) is 0. The second kappa shape index (κ2) is 10.8. The van der Waals surface area contributed by atoms with Gasteiger partial charge in [-0.05, 0) is 47.0 Å². The number of nitrogens with zero attached hydrogens (tertiary/aromatic N) is 5. The van der Waals surface area contributed by atoms with E-state index in [9.17, 15) is 0 Å². The molecule has 4 rings (SSSR count). The van der Waals surface area contributed by atoms with Gasteiger partial charge in [-0.1, -0.05) is 26.3 Å². The van der Waals surface area contributed by atoms with E-state index < -0.39 is 0 Å². The van der Waals surface area contributed by atoms with Crippen LogP contribution in [0.4, 0.5) is 5.82 Å². The first-order valence-electron chi connectivity index (χ1n) is 10.4.